The summed E-state index contributed by atoms with van der Waals surface area (Å²) in [6, 6.07) is 7.78. The Kier molecular flexibility index (Phi) is 9.05. The summed E-state index contributed by atoms with van der Waals surface area (Å²) in [4.78, 5) is 24.1. The molecule has 1 amide bonds. The molecule has 1 saturated heterocycles. The molecule has 3 aromatic carbocycles. The van der Waals surface area contributed by atoms with E-state index in [4.69, 9.17) is 4.74 Å². The fourth-order valence-electron chi connectivity index (χ4n) is 5.32. The van der Waals surface area contributed by atoms with Crippen molar-refractivity contribution >= 4 is 33.2 Å². The van der Waals surface area contributed by atoms with Crippen molar-refractivity contribution in [2.24, 2.45) is 0 Å². The molecule has 2 aliphatic heterocycles. The second-order valence-electron chi connectivity index (χ2n) is 10.3. The molecule has 45 heavy (non-hydrogen) atoms. The van der Waals surface area contributed by atoms with Crippen LogP contribution in [0.5, 0.6) is 0 Å². The number of ether oxygens (including phenoxy) is 1. The first kappa shape index (κ1) is 32.2. The zero-order chi connectivity index (χ0) is 32.6. The standard InChI is InChI=1S/C30H24F6N2O6S/c31-20-14-19(30(40)41)7-8-21(20)37(15-16-3-5-17(6-4-16)18-9-12-44-13-10-18)29(39)22-2-1-11-38(22)45(42,43)28-26(35)24(33)23(32)25(34)27(28)36/h3-9,14,22H,1-2,10-13,15H2,(H,40,41)/t22-/m1/s1. The minimum absolute atomic E-state index is 0.0349. The molecule has 238 valence electrons. The summed E-state index contributed by atoms with van der Waals surface area (Å²) in [6.07, 6.45) is 2.31. The van der Waals surface area contributed by atoms with Gasteiger partial charge in [-0.2, -0.15) is 4.31 Å². The largest absolute Gasteiger partial charge is 0.478 e. The van der Waals surface area contributed by atoms with Crippen LogP contribution in [0.4, 0.5) is 32.0 Å². The highest BCUT2D eigenvalue weighted by Gasteiger charge is 2.45. The van der Waals surface area contributed by atoms with Crippen molar-refractivity contribution in [2.75, 3.05) is 24.7 Å². The lowest BCUT2D eigenvalue weighted by Gasteiger charge is -2.30. The molecule has 1 atom stereocenters. The number of benzene rings is 3. The van der Waals surface area contributed by atoms with Gasteiger partial charge in [0.15, 0.2) is 28.2 Å². The third-order valence-electron chi connectivity index (χ3n) is 7.61. The normalized spacial score (nSPS) is 17.3. The highest BCUT2D eigenvalue weighted by atomic mass is 32.2. The predicted molar refractivity (Wildman–Crippen MR) is 148 cm³/mol. The maximum atomic E-state index is 15.3. The number of hydrogen-bond donors (Lipinski definition) is 1. The van der Waals surface area contributed by atoms with Gasteiger partial charge in [0.25, 0.3) is 0 Å². The topological polar surface area (TPSA) is 104 Å². The van der Waals surface area contributed by atoms with Crippen LogP contribution in [0, 0.1) is 34.9 Å². The summed E-state index contributed by atoms with van der Waals surface area (Å²) in [5, 5.41) is 9.25. The van der Waals surface area contributed by atoms with Crippen LogP contribution >= 0.6 is 0 Å². The minimum atomic E-state index is -5.49. The zero-order valence-corrected chi connectivity index (χ0v) is 24.0. The van der Waals surface area contributed by atoms with Gasteiger partial charge in [-0.3, -0.25) is 4.79 Å². The van der Waals surface area contributed by atoms with Crippen molar-refractivity contribution in [3.8, 4) is 0 Å². The van der Waals surface area contributed by atoms with Gasteiger partial charge in [0.2, 0.25) is 21.7 Å². The lowest BCUT2D eigenvalue weighted by Crippen LogP contribution is -2.48. The quantitative estimate of drug-likeness (QED) is 0.198. The van der Waals surface area contributed by atoms with E-state index in [1.807, 2.05) is 6.08 Å². The first-order valence-electron chi connectivity index (χ1n) is 13.6. The molecule has 2 heterocycles. The van der Waals surface area contributed by atoms with E-state index in [2.05, 4.69) is 0 Å². The fourth-order valence-corrected chi connectivity index (χ4v) is 7.09. The van der Waals surface area contributed by atoms with Crippen molar-refractivity contribution in [3.05, 3.63) is 100 Å². The molecule has 0 bridgehead atoms. The maximum absolute atomic E-state index is 15.3. The smallest absolute Gasteiger partial charge is 0.335 e. The van der Waals surface area contributed by atoms with Gasteiger partial charge in [0.05, 0.1) is 31.0 Å². The van der Waals surface area contributed by atoms with Gasteiger partial charge < -0.3 is 14.7 Å². The molecule has 0 saturated carbocycles. The van der Waals surface area contributed by atoms with Crippen LogP contribution in [0.2, 0.25) is 0 Å². The molecule has 2 aliphatic rings. The molecule has 0 aliphatic carbocycles. The van der Waals surface area contributed by atoms with Crippen LogP contribution in [0.3, 0.4) is 0 Å². The summed E-state index contributed by atoms with van der Waals surface area (Å²) in [6.45, 7) is 0.113. The summed E-state index contributed by atoms with van der Waals surface area (Å²) >= 11 is 0. The molecule has 3 aromatic rings. The average molecular weight is 655 g/mol. The first-order chi connectivity index (χ1) is 21.3. The van der Waals surface area contributed by atoms with E-state index in [0.717, 1.165) is 28.2 Å². The molecule has 0 aromatic heterocycles. The Morgan fingerprint density at radius 3 is 2.16 bits per heavy atom. The predicted octanol–water partition coefficient (Wildman–Crippen LogP) is 5.41. The van der Waals surface area contributed by atoms with Gasteiger partial charge in [-0.05, 0) is 54.2 Å². The maximum Gasteiger partial charge on any atom is 0.335 e. The van der Waals surface area contributed by atoms with Crippen LogP contribution in [0.15, 0.2) is 53.4 Å². The van der Waals surface area contributed by atoms with Crippen LogP contribution in [-0.2, 0) is 26.1 Å². The SMILES string of the molecule is O=C(O)c1ccc(N(Cc2ccc(C3=CCOCC3)cc2)C(=O)[C@H]2CCCN2S(=O)(=O)c2c(F)c(F)c(F)c(F)c2F)c(F)c1. The molecule has 1 fully saturated rings. The third kappa shape index (κ3) is 6.07. The highest BCUT2D eigenvalue weighted by molar-refractivity contribution is 7.89. The van der Waals surface area contributed by atoms with E-state index < -0.39 is 85.5 Å². The Morgan fingerprint density at radius 1 is 0.933 bits per heavy atom. The minimum Gasteiger partial charge on any atom is -0.478 e. The summed E-state index contributed by atoms with van der Waals surface area (Å²) in [5.74, 6) is -16.3. The second-order valence-corrected chi connectivity index (χ2v) is 12.1. The Bertz CT molecular complexity index is 1790. The number of carboxylic acids is 1. The van der Waals surface area contributed by atoms with Crippen LogP contribution in [0.1, 0.15) is 40.7 Å². The van der Waals surface area contributed by atoms with Gasteiger partial charge in [-0.15, -0.1) is 0 Å². The summed E-state index contributed by atoms with van der Waals surface area (Å²) in [7, 11) is -5.49. The van der Waals surface area contributed by atoms with E-state index in [1.54, 1.807) is 24.3 Å². The van der Waals surface area contributed by atoms with Gasteiger partial charge >= 0.3 is 5.97 Å². The number of anilines is 1. The van der Waals surface area contributed by atoms with E-state index in [0.29, 0.717) is 35.6 Å². The number of nitrogens with zero attached hydrogens (tertiary/aromatic N) is 2. The molecular weight excluding hydrogens is 630 g/mol. The lowest BCUT2D eigenvalue weighted by atomic mass is 10.00. The summed E-state index contributed by atoms with van der Waals surface area (Å²) < 4.78 is 118. The molecule has 0 spiro atoms. The number of rotatable bonds is 8. The van der Waals surface area contributed by atoms with E-state index >= 15 is 4.39 Å². The Hall–Kier alpha value is -4.21. The molecule has 5 rings (SSSR count). The second kappa shape index (κ2) is 12.7. The highest BCUT2D eigenvalue weighted by Crippen LogP contribution is 2.35. The number of sulfonamides is 1. The van der Waals surface area contributed by atoms with Crippen LogP contribution < -0.4 is 4.90 Å². The Balaban J connectivity index is 1.53. The van der Waals surface area contributed by atoms with Crippen molar-refractivity contribution in [1.29, 1.82) is 0 Å². The van der Waals surface area contributed by atoms with E-state index in [9.17, 15) is 45.1 Å². The fraction of sp³-hybridized carbons (Fsp3) is 0.267. The zero-order valence-electron chi connectivity index (χ0n) is 23.2. The number of aromatic carboxylic acids is 1. The van der Waals surface area contributed by atoms with E-state index in [-0.39, 0.29) is 19.4 Å². The van der Waals surface area contributed by atoms with Crippen LogP contribution in [0.25, 0.3) is 5.57 Å². The summed E-state index contributed by atoms with van der Waals surface area (Å²) in [5.41, 5.74) is 1.48. The van der Waals surface area contributed by atoms with Crippen molar-refractivity contribution in [3.63, 3.8) is 0 Å². The van der Waals surface area contributed by atoms with Gasteiger partial charge in [0, 0.05) is 6.54 Å². The van der Waals surface area contributed by atoms with Gasteiger partial charge in [-0.25, -0.2) is 39.6 Å². The van der Waals surface area contributed by atoms with Crippen LogP contribution in [-0.4, -0.2) is 55.5 Å². The molecule has 0 unspecified atom stereocenters. The Morgan fingerprint density at radius 2 is 1.58 bits per heavy atom. The number of amides is 1. The molecule has 15 heteroatoms. The number of carbonyl (C=O) groups is 2. The molecule has 1 N–H and O–H groups in total. The van der Waals surface area contributed by atoms with Gasteiger partial charge in [-0.1, -0.05) is 30.3 Å². The number of carbonyl (C=O) groups excluding carboxylic acids is 1. The monoisotopic (exact) mass is 654 g/mol. The van der Waals surface area contributed by atoms with Gasteiger partial charge in [0.1, 0.15) is 11.9 Å². The number of carboxylic acid groups (broad SMARTS) is 1. The molecule has 0 radical (unpaired) electrons. The average Bonchev–Trinajstić information content (AvgIpc) is 3.54. The lowest BCUT2D eigenvalue weighted by molar-refractivity contribution is -0.121. The number of hydrogen-bond acceptors (Lipinski definition) is 5. The molecular formula is C30H24F6N2O6S. The van der Waals surface area contributed by atoms with Crippen molar-refractivity contribution in [2.45, 2.75) is 36.7 Å². The number of halogens is 6. The van der Waals surface area contributed by atoms with Crippen molar-refractivity contribution < 1.29 is 54.2 Å². The third-order valence-corrected chi connectivity index (χ3v) is 9.53. The van der Waals surface area contributed by atoms with E-state index in [1.165, 1.54) is 0 Å². The van der Waals surface area contributed by atoms with Crippen molar-refractivity contribution in [1.82, 2.24) is 4.31 Å². The Labute approximate surface area is 253 Å². The first-order valence-corrected chi connectivity index (χ1v) is 15.0. The molecule has 8 nitrogen and oxygen atoms in total.